The van der Waals surface area contributed by atoms with E-state index in [0.29, 0.717) is 17.3 Å². The summed E-state index contributed by atoms with van der Waals surface area (Å²) < 4.78 is 7.90. The second-order valence-corrected chi connectivity index (χ2v) is 6.87. The van der Waals surface area contributed by atoms with E-state index in [9.17, 15) is 0 Å². The van der Waals surface area contributed by atoms with Crippen molar-refractivity contribution in [2.75, 3.05) is 5.32 Å². The molecular weight excluding hydrogens is 410 g/mol. The molecule has 0 aliphatic carbocycles. The number of aryl methyl sites for hydroxylation is 3. The Morgan fingerprint density at radius 3 is 2.63 bits per heavy atom. The van der Waals surface area contributed by atoms with Crippen molar-refractivity contribution in [3.8, 4) is 17.1 Å². The molecule has 0 fully saturated rings. The highest BCUT2D eigenvalue weighted by atomic mass is 79.9. The van der Waals surface area contributed by atoms with Crippen LogP contribution < -0.4 is 5.32 Å². The second-order valence-electron chi connectivity index (χ2n) is 6.01. The van der Waals surface area contributed by atoms with E-state index in [-0.39, 0.29) is 0 Å². The van der Waals surface area contributed by atoms with Crippen molar-refractivity contribution < 1.29 is 4.52 Å². The predicted octanol–water partition coefficient (Wildman–Crippen LogP) is 4.14. The third-order valence-corrected chi connectivity index (χ3v) is 4.66. The zero-order valence-electron chi connectivity index (χ0n) is 14.9. The Morgan fingerprint density at radius 1 is 1.11 bits per heavy atom. The molecule has 0 amide bonds. The SMILES string of the molecule is Cc1ncc(-c2c(C)noc2C)nc1Nc1cnc(-n2ccnc2)c(Br)c1. The Labute approximate surface area is 163 Å². The summed E-state index contributed by atoms with van der Waals surface area (Å²) in [5, 5.41) is 7.27. The number of anilines is 2. The monoisotopic (exact) mass is 425 g/mol. The Kier molecular flexibility index (Phi) is 4.44. The molecule has 4 aromatic heterocycles. The van der Waals surface area contributed by atoms with Crippen molar-refractivity contribution in [2.45, 2.75) is 20.8 Å². The molecule has 0 unspecified atom stereocenters. The van der Waals surface area contributed by atoms with Gasteiger partial charge in [-0.3, -0.25) is 9.55 Å². The van der Waals surface area contributed by atoms with Crippen molar-refractivity contribution in [1.82, 2.24) is 29.7 Å². The molecule has 4 heterocycles. The zero-order valence-corrected chi connectivity index (χ0v) is 16.5. The van der Waals surface area contributed by atoms with Gasteiger partial charge >= 0.3 is 0 Å². The number of hydrogen-bond donors (Lipinski definition) is 1. The van der Waals surface area contributed by atoms with Gasteiger partial charge < -0.3 is 9.84 Å². The summed E-state index contributed by atoms with van der Waals surface area (Å²) in [6, 6.07) is 1.94. The maximum absolute atomic E-state index is 5.24. The molecule has 0 atom stereocenters. The van der Waals surface area contributed by atoms with E-state index in [2.05, 4.69) is 41.4 Å². The Morgan fingerprint density at radius 2 is 1.96 bits per heavy atom. The molecule has 9 heteroatoms. The van der Waals surface area contributed by atoms with Gasteiger partial charge in [-0.25, -0.2) is 15.0 Å². The van der Waals surface area contributed by atoms with Crippen molar-refractivity contribution >= 4 is 27.4 Å². The van der Waals surface area contributed by atoms with Crippen LogP contribution in [0.1, 0.15) is 17.1 Å². The number of rotatable bonds is 4. The van der Waals surface area contributed by atoms with E-state index in [1.165, 1.54) is 0 Å². The topological polar surface area (TPSA) is 94.5 Å². The minimum Gasteiger partial charge on any atom is -0.361 e. The first-order valence-corrected chi connectivity index (χ1v) is 9.00. The molecule has 4 aromatic rings. The molecule has 0 radical (unpaired) electrons. The summed E-state index contributed by atoms with van der Waals surface area (Å²) in [5.74, 6) is 2.12. The molecule has 27 heavy (non-hydrogen) atoms. The average molecular weight is 426 g/mol. The molecule has 0 aromatic carbocycles. The zero-order chi connectivity index (χ0) is 19.0. The van der Waals surface area contributed by atoms with Crippen LogP contribution in [-0.4, -0.2) is 29.7 Å². The smallest absolute Gasteiger partial charge is 0.152 e. The maximum atomic E-state index is 5.24. The van der Waals surface area contributed by atoms with E-state index in [0.717, 1.165) is 32.9 Å². The normalized spacial score (nSPS) is 11.0. The molecule has 0 bridgehead atoms. The maximum Gasteiger partial charge on any atom is 0.152 e. The number of nitrogens with one attached hydrogen (secondary N) is 1. The van der Waals surface area contributed by atoms with Gasteiger partial charge in [-0.05, 0) is 42.8 Å². The Bertz CT molecular complexity index is 1090. The van der Waals surface area contributed by atoms with Gasteiger partial charge in [0.2, 0.25) is 0 Å². The van der Waals surface area contributed by atoms with Crippen LogP contribution in [0, 0.1) is 20.8 Å². The molecule has 0 spiro atoms. The summed E-state index contributed by atoms with van der Waals surface area (Å²) >= 11 is 3.56. The number of pyridine rings is 1. The van der Waals surface area contributed by atoms with E-state index >= 15 is 0 Å². The van der Waals surface area contributed by atoms with Gasteiger partial charge in [-0.2, -0.15) is 0 Å². The lowest BCUT2D eigenvalue weighted by Crippen LogP contribution is -2.02. The molecule has 8 nitrogen and oxygen atoms in total. The van der Waals surface area contributed by atoms with Crippen LogP contribution >= 0.6 is 15.9 Å². The fourth-order valence-electron chi connectivity index (χ4n) is 2.75. The quantitative estimate of drug-likeness (QED) is 0.524. The van der Waals surface area contributed by atoms with Crippen molar-refractivity contribution in [2.24, 2.45) is 0 Å². The lowest BCUT2D eigenvalue weighted by molar-refractivity contribution is 0.393. The third kappa shape index (κ3) is 3.33. The van der Waals surface area contributed by atoms with Gasteiger partial charge in [-0.15, -0.1) is 0 Å². The highest BCUT2D eigenvalue weighted by Gasteiger charge is 2.15. The Balaban J connectivity index is 1.67. The fourth-order valence-corrected chi connectivity index (χ4v) is 3.30. The van der Waals surface area contributed by atoms with E-state index in [1.807, 2.05) is 37.6 Å². The van der Waals surface area contributed by atoms with Crippen LogP contribution in [0.3, 0.4) is 0 Å². The van der Waals surface area contributed by atoms with Gasteiger partial charge in [-0.1, -0.05) is 5.16 Å². The molecule has 1 N–H and O–H groups in total. The first kappa shape index (κ1) is 17.3. The lowest BCUT2D eigenvalue weighted by Gasteiger charge is -2.11. The van der Waals surface area contributed by atoms with Crippen LogP contribution in [0.5, 0.6) is 0 Å². The van der Waals surface area contributed by atoms with E-state index < -0.39 is 0 Å². The van der Waals surface area contributed by atoms with Gasteiger partial charge in [0.15, 0.2) is 11.6 Å². The number of nitrogens with zero attached hydrogens (tertiary/aromatic N) is 6. The standard InChI is InChI=1S/C18H16BrN7O/c1-10-16(12(3)27-25-10)15-8-21-11(2)17(24-15)23-13-6-14(19)18(22-7-13)26-5-4-20-9-26/h4-9H,1-3H3,(H,23,24). The second kappa shape index (κ2) is 6.92. The summed E-state index contributed by atoms with van der Waals surface area (Å²) in [6.07, 6.45) is 8.71. The minimum atomic E-state index is 0.650. The van der Waals surface area contributed by atoms with E-state index in [4.69, 9.17) is 9.51 Å². The highest BCUT2D eigenvalue weighted by molar-refractivity contribution is 9.10. The lowest BCUT2D eigenvalue weighted by atomic mass is 10.1. The van der Waals surface area contributed by atoms with Gasteiger partial charge in [0.25, 0.3) is 0 Å². The summed E-state index contributed by atoms with van der Waals surface area (Å²) in [4.78, 5) is 17.7. The summed E-state index contributed by atoms with van der Waals surface area (Å²) in [7, 11) is 0. The molecule has 0 aliphatic heterocycles. The summed E-state index contributed by atoms with van der Waals surface area (Å²) in [5.41, 5.74) is 3.92. The van der Waals surface area contributed by atoms with Gasteiger partial charge in [0.05, 0.1) is 45.2 Å². The molecule has 136 valence electrons. The van der Waals surface area contributed by atoms with Crippen molar-refractivity contribution in [1.29, 1.82) is 0 Å². The van der Waals surface area contributed by atoms with Crippen LogP contribution in [0.15, 0.2) is 46.2 Å². The molecule has 4 rings (SSSR count). The van der Waals surface area contributed by atoms with E-state index in [1.54, 1.807) is 24.9 Å². The van der Waals surface area contributed by atoms with Crippen molar-refractivity contribution in [3.05, 3.63) is 58.8 Å². The van der Waals surface area contributed by atoms with Crippen LogP contribution in [0.2, 0.25) is 0 Å². The van der Waals surface area contributed by atoms with Crippen LogP contribution in [-0.2, 0) is 0 Å². The first-order valence-electron chi connectivity index (χ1n) is 8.20. The summed E-state index contributed by atoms with van der Waals surface area (Å²) in [6.45, 7) is 5.64. The number of aromatic nitrogens is 6. The minimum absolute atomic E-state index is 0.650. The van der Waals surface area contributed by atoms with Crippen LogP contribution in [0.4, 0.5) is 11.5 Å². The van der Waals surface area contributed by atoms with Crippen molar-refractivity contribution in [3.63, 3.8) is 0 Å². The molecule has 0 saturated heterocycles. The fraction of sp³-hybridized carbons (Fsp3) is 0.167. The number of hydrogen-bond acceptors (Lipinski definition) is 7. The third-order valence-electron chi connectivity index (χ3n) is 4.08. The molecular formula is C18H16BrN7O. The average Bonchev–Trinajstić information content (AvgIpc) is 3.28. The van der Waals surface area contributed by atoms with Gasteiger partial charge in [0.1, 0.15) is 12.1 Å². The number of halogens is 1. The first-order chi connectivity index (χ1) is 13.0. The van der Waals surface area contributed by atoms with Crippen LogP contribution in [0.25, 0.3) is 17.1 Å². The Hall–Kier alpha value is -3.07. The van der Waals surface area contributed by atoms with Gasteiger partial charge in [0, 0.05) is 12.4 Å². The predicted molar refractivity (Wildman–Crippen MR) is 104 cm³/mol. The number of imidazole rings is 1. The molecule has 0 saturated carbocycles. The molecule has 0 aliphatic rings. The highest BCUT2D eigenvalue weighted by Crippen LogP contribution is 2.28. The largest absolute Gasteiger partial charge is 0.361 e.